The van der Waals surface area contributed by atoms with Crippen molar-refractivity contribution in [2.24, 2.45) is 5.92 Å². The van der Waals surface area contributed by atoms with E-state index in [9.17, 15) is 0 Å². The number of fused-ring (bicyclic) bond motifs is 4. The summed E-state index contributed by atoms with van der Waals surface area (Å²) in [6, 6.07) is 5.09. The van der Waals surface area contributed by atoms with Crippen molar-refractivity contribution in [3.8, 4) is 17.0 Å². The Bertz CT molecular complexity index is 1010. The average Bonchev–Trinajstić information content (AvgIpc) is 3.35. The van der Waals surface area contributed by atoms with Crippen LogP contribution in [0.3, 0.4) is 0 Å². The zero-order chi connectivity index (χ0) is 20.5. The van der Waals surface area contributed by atoms with Crippen molar-refractivity contribution in [2.45, 2.75) is 62.8 Å². The summed E-state index contributed by atoms with van der Waals surface area (Å²) in [4.78, 5) is 19.3. The topological polar surface area (TPSA) is 89.6 Å². The molecule has 0 unspecified atom stereocenters. The Balaban J connectivity index is 1.29. The number of morpholine rings is 1. The summed E-state index contributed by atoms with van der Waals surface area (Å²) in [6.45, 7) is 2.76. The lowest BCUT2D eigenvalue weighted by atomic mass is 9.86. The van der Waals surface area contributed by atoms with Crippen molar-refractivity contribution >= 4 is 17.6 Å². The van der Waals surface area contributed by atoms with Gasteiger partial charge < -0.3 is 25.0 Å². The lowest BCUT2D eigenvalue weighted by Gasteiger charge is -2.45. The van der Waals surface area contributed by atoms with Crippen LogP contribution < -0.4 is 20.3 Å². The van der Waals surface area contributed by atoms with Gasteiger partial charge in [-0.05, 0) is 50.5 Å². The molecule has 5 aliphatic heterocycles. The van der Waals surface area contributed by atoms with Crippen LogP contribution in [-0.4, -0.2) is 58.9 Å². The van der Waals surface area contributed by atoms with E-state index in [1.54, 1.807) is 6.20 Å². The van der Waals surface area contributed by atoms with Gasteiger partial charge in [0.1, 0.15) is 5.82 Å². The third-order valence-electron chi connectivity index (χ3n) is 7.54. The maximum absolute atomic E-state index is 6.09. The van der Waals surface area contributed by atoms with E-state index in [0.29, 0.717) is 29.8 Å². The first kappa shape index (κ1) is 18.0. The quantitative estimate of drug-likeness (QED) is 0.790. The zero-order valence-corrected chi connectivity index (χ0v) is 17.6. The van der Waals surface area contributed by atoms with E-state index < -0.39 is 0 Å². The molecule has 0 spiro atoms. The molecule has 0 amide bonds. The van der Waals surface area contributed by atoms with Gasteiger partial charge >= 0.3 is 0 Å². The van der Waals surface area contributed by atoms with Gasteiger partial charge in [-0.1, -0.05) is 0 Å². The summed E-state index contributed by atoms with van der Waals surface area (Å²) < 4.78 is 11.9. The number of nitrogens with zero attached hydrogens (tertiary/aromatic N) is 5. The summed E-state index contributed by atoms with van der Waals surface area (Å²) in [5.41, 5.74) is 7.90. The Morgan fingerprint density at radius 1 is 1.00 bits per heavy atom. The fraction of sp³-hybridized carbons (Fsp3) is 0.609. The van der Waals surface area contributed by atoms with Crippen LogP contribution in [0.4, 0.5) is 17.6 Å². The average molecular weight is 421 g/mol. The SMILES string of the molecule is Nc1ncc(-c2cc(N3C[C@@H]4CC[C@H]3CO4)nc(N3CC4CC3C4)n2)cc1OC1CC1. The monoisotopic (exact) mass is 420 g/mol. The molecule has 7 aliphatic rings. The molecule has 8 nitrogen and oxygen atoms in total. The molecule has 2 saturated carbocycles. The number of ether oxygens (including phenoxy) is 2. The van der Waals surface area contributed by atoms with Crippen molar-refractivity contribution in [1.29, 1.82) is 0 Å². The summed E-state index contributed by atoms with van der Waals surface area (Å²) in [7, 11) is 0. The van der Waals surface area contributed by atoms with Crippen LogP contribution in [0, 0.1) is 5.92 Å². The molecule has 162 valence electrons. The number of nitrogens with two attached hydrogens (primary N) is 1. The number of hydrogen-bond acceptors (Lipinski definition) is 8. The van der Waals surface area contributed by atoms with E-state index in [2.05, 4.69) is 20.9 Å². The Hall–Kier alpha value is -2.61. The second kappa shape index (κ2) is 6.69. The van der Waals surface area contributed by atoms with Gasteiger partial charge in [-0.3, -0.25) is 0 Å². The minimum atomic E-state index is 0.274. The highest BCUT2D eigenvalue weighted by Crippen LogP contribution is 2.43. The number of anilines is 3. The van der Waals surface area contributed by atoms with Gasteiger partial charge in [0, 0.05) is 37.0 Å². The molecular weight excluding hydrogens is 392 g/mol. The molecular formula is C23H28N6O2. The van der Waals surface area contributed by atoms with Crippen molar-refractivity contribution in [3.05, 3.63) is 18.3 Å². The van der Waals surface area contributed by atoms with E-state index in [0.717, 1.165) is 74.3 Å². The number of hydrogen-bond donors (Lipinski definition) is 1. The minimum absolute atomic E-state index is 0.274. The van der Waals surface area contributed by atoms with Crippen LogP contribution in [0.5, 0.6) is 5.75 Å². The van der Waals surface area contributed by atoms with Gasteiger partial charge in [-0.25, -0.2) is 9.97 Å². The maximum Gasteiger partial charge on any atom is 0.228 e. The molecule has 0 aromatic carbocycles. The molecule has 7 fully saturated rings. The molecule has 4 bridgehead atoms. The Morgan fingerprint density at radius 2 is 1.90 bits per heavy atom. The lowest BCUT2D eigenvalue weighted by molar-refractivity contribution is -0.0228. The molecule has 0 radical (unpaired) electrons. The van der Waals surface area contributed by atoms with Gasteiger partial charge in [0.05, 0.1) is 30.6 Å². The van der Waals surface area contributed by atoms with Crippen molar-refractivity contribution in [1.82, 2.24) is 15.0 Å². The molecule has 8 heteroatoms. The summed E-state index contributed by atoms with van der Waals surface area (Å²) in [6.07, 6.45) is 9.41. The molecule has 31 heavy (non-hydrogen) atoms. The molecule has 2 aliphatic carbocycles. The van der Waals surface area contributed by atoms with Crippen molar-refractivity contribution in [2.75, 3.05) is 35.2 Å². The first-order chi connectivity index (χ1) is 15.2. The highest BCUT2D eigenvalue weighted by Gasteiger charge is 2.44. The van der Waals surface area contributed by atoms with Gasteiger partial charge in [-0.15, -0.1) is 0 Å². The fourth-order valence-corrected chi connectivity index (χ4v) is 5.51. The van der Waals surface area contributed by atoms with Gasteiger partial charge in [0.2, 0.25) is 5.95 Å². The molecule has 7 heterocycles. The van der Waals surface area contributed by atoms with E-state index in [1.807, 2.05) is 6.07 Å². The third-order valence-corrected chi connectivity index (χ3v) is 7.54. The summed E-state index contributed by atoms with van der Waals surface area (Å²) in [5.74, 6) is 3.76. The lowest BCUT2D eigenvalue weighted by Crippen LogP contribution is -2.55. The fourth-order valence-electron chi connectivity index (χ4n) is 5.51. The Morgan fingerprint density at radius 3 is 2.58 bits per heavy atom. The first-order valence-electron chi connectivity index (χ1n) is 11.7. The predicted octanol–water partition coefficient (Wildman–Crippen LogP) is 2.63. The van der Waals surface area contributed by atoms with Crippen LogP contribution >= 0.6 is 0 Å². The van der Waals surface area contributed by atoms with Crippen LogP contribution in [0.1, 0.15) is 38.5 Å². The normalized spacial score (nSPS) is 31.1. The molecule has 2 N–H and O–H groups in total. The number of pyridine rings is 1. The summed E-state index contributed by atoms with van der Waals surface area (Å²) in [5, 5.41) is 0. The van der Waals surface area contributed by atoms with E-state index in [4.69, 9.17) is 25.2 Å². The smallest absolute Gasteiger partial charge is 0.228 e. The first-order valence-corrected chi connectivity index (χ1v) is 11.7. The molecule has 2 aromatic rings. The van der Waals surface area contributed by atoms with Crippen LogP contribution in [0.25, 0.3) is 11.3 Å². The minimum Gasteiger partial charge on any atom is -0.487 e. The second-order valence-electron chi connectivity index (χ2n) is 9.82. The third kappa shape index (κ3) is 3.11. The van der Waals surface area contributed by atoms with Crippen LogP contribution in [-0.2, 0) is 4.74 Å². The largest absolute Gasteiger partial charge is 0.487 e. The van der Waals surface area contributed by atoms with Crippen LogP contribution in [0.2, 0.25) is 0 Å². The Kier molecular flexibility index (Phi) is 3.89. The number of aromatic nitrogens is 3. The highest BCUT2D eigenvalue weighted by molar-refractivity contribution is 5.68. The molecule has 5 saturated heterocycles. The van der Waals surface area contributed by atoms with Crippen LogP contribution in [0.15, 0.2) is 18.3 Å². The standard InChI is InChI=1S/C23H28N6O2/c24-22-20(31-17-3-4-17)7-14(9-25-22)19-8-21(28-11-18-2-1-15(28)12-30-18)27-23(26-19)29-10-13-5-16(29)6-13/h7-9,13,15-18H,1-6,10-12H2,(H2,24,25)/t13?,15-,16?,18-/m0/s1. The molecule has 2 aromatic heterocycles. The number of nitrogen functional groups attached to an aromatic ring is 1. The van der Waals surface area contributed by atoms with Gasteiger partial charge in [0.25, 0.3) is 0 Å². The van der Waals surface area contributed by atoms with E-state index in [-0.39, 0.29) is 6.10 Å². The molecule has 2 atom stereocenters. The number of piperidine rings is 1. The number of rotatable bonds is 5. The van der Waals surface area contributed by atoms with Gasteiger partial charge in [0.15, 0.2) is 11.6 Å². The van der Waals surface area contributed by atoms with E-state index >= 15 is 0 Å². The predicted molar refractivity (Wildman–Crippen MR) is 117 cm³/mol. The zero-order valence-electron chi connectivity index (χ0n) is 17.6. The second-order valence-corrected chi connectivity index (χ2v) is 9.82. The van der Waals surface area contributed by atoms with Gasteiger partial charge in [-0.2, -0.15) is 4.98 Å². The Labute approximate surface area is 181 Å². The van der Waals surface area contributed by atoms with Crippen molar-refractivity contribution in [3.63, 3.8) is 0 Å². The molecule has 9 rings (SSSR count). The van der Waals surface area contributed by atoms with Crippen molar-refractivity contribution < 1.29 is 9.47 Å². The van der Waals surface area contributed by atoms with E-state index in [1.165, 1.54) is 12.8 Å². The summed E-state index contributed by atoms with van der Waals surface area (Å²) >= 11 is 0. The maximum atomic E-state index is 6.09. The highest BCUT2D eigenvalue weighted by atomic mass is 16.5.